The molecule has 8 nitrogen and oxygen atoms in total. The summed E-state index contributed by atoms with van der Waals surface area (Å²) in [5.74, 6) is -0.263. The van der Waals surface area contributed by atoms with Gasteiger partial charge in [-0.25, -0.2) is 8.42 Å². The van der Waals surface area contributed by atoms with Gasteiger partial charge in [0, 0.05) is 23.0 Å². The third-order valence-corrected chi connectivity index (χ3v) is 13.2. The zero-order valence-electron chi connectivity index (χ0n) is 25.7. The van der Waals surface area contributed by atoms with E-state index >= 15 is 8.42 Å². The number of fused-ring (bicyclic) bond motifs is 6. The van der Waals surface area contributed by atoms with E-state index in [0.717, 1.165) is 73.3 Å². The number of hydrogen-bond acceptors (Lipinski definition) is 8. The minimum absolute atomic E-state index is 0.0465. The summed E-state index contributed by atoms with van der Waals surface area (Å²) >= 11 is 0. The van der Waals surface area contributed by atoms with Gasteiger partial charge in [-0.05, 0) is 110 Å². The molecule has 45 heavy (non-hydrogen) atoms. The molecule has 3 aromatic rings. The summed E-state index contributed by atoms with van der Waals surface area (Å²) in [6.07, 6.45) is 7.72. The molecule has 0 aromatic heterocycles. The molecule has 4 heterocycles. The van der Waals surface area contributed by atoms with E-state index in [1.807, 2.05) is 38.1 Å². The molecular formula is C35H39O8S2-. The number of hydrogen-bond donors (Lipinski definition) is 0. The predicted octanol–water partition coefficient (Wildman–Crippen LogP) is 6.58. The van der Waals surface area contributed by atoms with E-state index in [0.29, 0.717) is 29.5 Å². The standard InChI is InChI=1S/C35H40O8S2/c1-19(2)26-18-32(44(36,37)38)24-9-5-6-10-25(24)34(26)43-45(39,40)35-28(27-16-21-11-13-30(27)41-21)15-20-7-3-4-8-23(20)33(35)29-17-22-12-14-31(29)42-22/h3-4,7-8,15,18-19,21-22,27,29-31H,5-6,9-14,16-17H2,1-2H3,(H,36,37,38)/p-1. The van der Waals surface area contributed by atoms with Crippen LogP contribution in [0.2, 0.25) is 0 Å². The molecule has 5 aliphatic rings. The third-order valence-electron chi connectivity index (χ3n) is 11.0. The minimum Gasteiger partial charge on any atom is -0.744 e. The smallest absolute Gasteiger partial charge is 0.339 e. The lowest BCUT2D eigenvalue weighted by molar-refractivity contribution is 0.0999. The first kappa shape index (κ1) is 29.9. The second-order valence-corrected chi connectivity index (χ2v) is 16.8. The van der Waals surface area contributed by atoms with E-state index < -0.39 is 20.2 Å². The van der Waals surface area contributed by atoms with E-state index in [1.165, 1.54) is 6.07 Å². The van der Waals surface area contributed by atoms with Crippen molar-refractivity contribution in [1.82, 2.24) is 0 Å². The Bertz CT molecular complexity index is 1920. The quantitative estimate of drug-likeness (QED) is 0.208. The Kier molecular flexibility index (Phi) is 7.15. The van der Waals surface area contributed by atoms with Gasteiger partial charge in [0.25, 0.3) is 0 Å². The van der Waals surface area contributed by atoms with Gasteiger partial charge in [-0.1, -0.05) is 38.1 Å². The summed E-state index contributed by atoms with van der Waals surface area (Å²) in [5.41, 5.74) is 2.87. The molecule has 3 aromatic carbocycles. The van der Waals surface area contributed by atoms with Crippen LogP contribution in [0.4, 0.5) is 0 Å². The molecule has 4 saturated heterocycles. The van der Waals surface area contributed by atoms with Crippen LogP contribution in [-0.4, -0.2) is 45.8 Å². The van der Waals surface area contributed by atoms with Crippen molar-refractivity contribution in [3.8, 4) is 5.75 Å². The number of ether oxygens (including phenoxy) is 2. The molecule has 8 rings (SSSR count). The molecule has 6 atom stereocenters. The van der Waals surface area contributed by atoms with Crippen molar-refractivity contribution >= 4 is 31.0 Å². The summed E-state index contributed by atoms with van der Waals surface area (Å²) in [6.45, 7) is 3.72. The van der Waals surface area contributed by atoms with Crippen LogP contribution in [-0.2, 0) is 42.6 Å². The van der Waals surface area contributed by atoms with Crippen LogP contribution in [0.15, 0.2) is 46.2 Å². The molecule has 10 heteroatoms. The number of rotatable bonds is 7. The molecule has 0 radical (unpaired) electrons. The van der Waals surface area contributed by atoms with E-state index in [1.54, 1.807) is 0 Å². The molecule has 4 fully saturated rings. The van der Waals surface area contributed by atoms with E-state index in [-0.39, 0.29) is 57.7 Å². The zero-order valence-corrected chi connectivity index (χ0v) is 27.3. The molecule has 0 amide bonds. The lowest BCUT2D eigenvalue weighted by Crippen LogP contribution is -2.25. The van der Waals surface area contributed by atoms with Gasteiger partial charge in [0.1, 0.15) is 20.8 Å². The Morgan fingerprint density at radius 3 is 2.09 bits per heavy atom. The topological polar surface area (TPSA) is 119 Å². The van der Waals surface area contributed by atoms with Crippen LogP contribution in [0.25, 0.3) is 10.8 Å². The molecule has 0 spiro atoms. The highest BCUT2D eigenvalue weighted by Gasteiger charge is 2.48. The van der Waals surface area contributed by atoms with E-state index in [2.05, 4.69) is 6.07 Å². The number of benzene rings is 3. The highest BCUT2D eigenvalue weighted by atomic mass is 32.2. The Labute approximate surface area is 265 Å². The molecule has 4 aliphatic heterocycles. The van der Waals surface area contributed by atoms with Crippen LogP contribution >= 0.6 is 0 Å². The van der Waals surface area contributed by atoms with E-state index in [9.17, 15) is 13.0 Å². The Hall–Kier alpha value is -2.50. The average Bonchev–Trinajstić information content (AvgIpc) is 3.82. The maximum absolute atomic E-state index is 15.1. The molecule has 1 aliphatic carbocycles. The summed E-state index contributed by atoms with van der Waals surface area (Å²) in [5, 5.41) is 1.89. The van der Waals surface area contributed by atoms with Crippen LogP contribution in [0.3, 0.4) is 0 Å². The maximum atomic E-state index is 15.1. The molecule has 4 bridgehead atoms. The summed E-state index contributed by atoms with van der Waals surface area (Å²) in [6, 6.07) is 11.4. The predicted molar refractivity (Wildman–Crippen MR) is 167 cm³/mol. The van der Waals surface area contributed by atoms with Gasteiger partial charge in [0.2, 0.25) is 0 Å². The van der Waals surface area contributed by atoms with Crippen LogP contribution in [0.5, 0.6) is 5.75 Å². The first-order chi connectivity index (χ1) is 21.5. The lowest BCUT2D eigenvalue weighted by atomic mass is 9.77. The lowest BCUT2D eigenvalue weighted by Gasteiger charge is -2.30. The molecule has 6 unspecified atom stereocenters. The average molecular weight is 652 g/mol. The van der Waals surface area contributed by atoms with Crippen molar-refractivity contribution in [2.45, 2.75) is 130 Å². The maximum Gasteiger partial charge on any atom is 0.339 e. The third kappa shape index (κ3) is 4.94. The van der Waals surface area contributed by atoms with Gasteiger partial charge in [0.05, 0.1) is 29.3 Å². The first-order valence-corrected chi connectivity index (χ1v) is 19.3. The summed E-state index contributed by atoms with van der Waals surface area (Å²) in [4.78, 5) is -0.0284. The van der Waals surface area contributed by atoms with Crippen molar-refractivity contribution in [2.24, 2.45) is 0 Å². The Morgan fingerprint density at radius 2 is 1.49 bits per heavy atom. The second-order valence-electron chi connectivity index (χ2n) is 14.0. The second kappa shape index (κ2) is 10.8. The van der Waals surface area contributed by atoms with Crippen molar-refractivity contribution < 1.29 is 35.0 Å². The zero-order chi connectivity index (χ0) is 31.2. The van der Waals surface area contributed by atoms with Gasteiger partial charge in [-0.15, -0.1) is 0 Å². The van der Waals surface area contributed by atoms with Gasteiger partial charge >= 0.3 is 10.1 Å². The van der Waals surface area contributed by atoms with Gasteiger partial charge in [-0.2, -0.15) is 8.42 Å². The largest absolute Gasteiger partial charge is 0.744 e. The van der Waals surface area contributed by atoms with Crippen LogP contribution in [0, 0.1) is 0 Å². The molecular weight excluding hydrogens is 613 g/mol. The van der Waals surface area contributed by atoms with Crippen LogP contribution in [0.1, 0.15) is 111 Å². The monoisotopic (exact) mass is 651 g/mol. The fourth-order valence-electron chi connectivity index (χ4n) is 9.01. The van der Waals surface area contributed by atoms with Crippen molar-refractivity contribution in [2.75, 3.05) is 0 Å². The molecule has 0 saturated carbocycles. The fraction of sp³-hybridized carbons (Fsp3) is 0.543. The van der Waals surface area contributed by atoms with Crippen molar-refractivity contribution in [1.29, 1.82) is 0 Å². The molecule has 240 valence electrons. The fourth-order valence-corrected chi connectivity index (χ4v) is 11.3. The Balaban J connectivity index is 1.37. The minimum atomic E-state index is -4.77. The van der Waals surface area contributed by atoms with Gasteiger partial charge in [0.15, 0.2) is 0 Å². The van der Waals surface area contributed by atoms with Crippen LogP contribution < -0.4 is 4.18 Å². The highest BCUT2D eigenvalue weighted by Crippen LogP contribution is 2.53. The SMILES string of the molecule is CC(C)c1cc(S(=O)(=O)[O-])c2c(c1OS(=O)(=O)c1c(C3CC4CCC3O4)cc3ccccc3c1C1CC3CCC1O3)CCCC2. The molecule has 0 N–H and O–H groups in total. The summed E-state index contributed by atoms with van der Waals surface area (Å²) < 4.78 is 86.3. The normalized spacial score (nSPS) is 29.2. The van der Waals surface area contributed by atoms with Gasteiger partial charge in [-0.3, -0.25) is 0 Å². The first-order valence-electron chi connectivity index (χ1n) is 16.4. The Morgan fingerprint density at radius 1 is 0.844 bits per heavy atom. The van der Waals surface area contributed by atoms with Gasteiger partial charge < -0.3 is 18.2 Å². The van der Waals surface area contributed by atoms with E-state index in [4.69, 9.17) is 13.7 Å². The van der Waals surface area contributed by atoms with Crippen molar-refractivity contribution in [3.05, 3.63) is 64.2 Å². The summed E-state index contributed by atoms with van der Waals surface area (Å²) in [7, 11) is -9.22. The van der Waals surface area contributed by atoms with Crippen molar-refractivity contribution in [3.63, 3.8) is 0 Å². The highest BCUT2D eigenvalue weighted by molar-refractivity contribution is 7.87.